The van der Waals surface area contributed by atoms with Gasteiger partial charge in [-0.2, -0.15) is 0 Å². The molecule has 0 radical (unpaired) electrons. The third-order valence-corrected chi connectivity index (χ3v) is 6.30. The van der Waals surface area contributed by atoms with Crippen LogP contribution in [0.1, 0.15) is 23.2 Å². The Labute approximate surface area is 163 Å². The van der Waals surface area contributed by atoms with Crippen molar-refractivity contribution in [2.24, 2.45) is 0 Å². The molecule has 28 heavy (non-hydrogen) atoms. The number of carbonyl (C=O) groups excluding carboxylic acids is 1. The van der Waals surface area contributed by atoms with Gasteiger partial charge in [-0.3, -0.25) is 4.79 Å². The molecule has 1 saturated heterocycles. The number of nitrogens with one attached hydrogen (secondary N) is 1. The van der Waals surface area contributed by atoms with Gasteiger partial charge in [0.2, 0.25) is 0 Å². The molecule has 1 spiro atoms. The fraction of sp³-hybridized carbons (Fsp3) is 0.316. The Morgan fingerprint density at radius 1 is 1.21 bits per heavy atom. The lowest BCUT2D eigenvalue weighted by molar-refractivity contribution is 0.0624. The lowest BCUT2D eigenvalue weighted by Gasteiger charge is -2.43. The minimum Gasteiger partial charge on any atom is -0.352 e. The molecule has 3 aromatic rings. The van der Waals surface area contributed by atoms with Crippen LogP contribution in [-0.2, 0) is 11.1 Å². The summed E-state index contributed by atoms with van der Waals surface area (Å²) in [7, 11) is 0. The zero-order valence-electron chi connectivity index (χ0n) is 15.0. The van der Waals surface area contributed by atoms with Crippen molar-refractivity contribution in [3.63, 3.8) is 0 Å². The van der Waals surface area contributed by atoms with E-state index in [9.17, 15) is 13.6 Å². The molecule has 1 amide bonds. The first-order valence-electron chi connectivity index (χ1n) is 9.13. The van der Waals surface area contributed by atoms with Gasteiger partial charge in [-0.05, 0) is 37.1 Å². The molecule has 1 aromatic carbocycles. The smallest absolute Gasteiger partial charge is 0.254 e. The normalized spacial score (nSPS) is 19.2. The van der Waals surface area contributed by atoms with E-state index in [4.69, 9.17) is 0 Å². The van der Waals surface area contributed by atoms with E-state index in [1.54, 1.807) is 24.5 Å². The van der Waals surface area contributed by atoms with Crippen molar-refractivity contribution in [3.8, 4) is 0 Å². The largest absolute Gasteiger partial charge is 0.352 e. The topological polar surface area (TPSA) is 102 Å². The number of piperazine rings is 1. The van der Waals surface area contributed by atoms with Crippen LogP contribution < -0.4 is 4.90 Å². The first-order chi connectivity index (χ1) is 13.6. The molecule has 144 valence electrons. The molecule has 1 aliphatic heterocycles. The maximum atomic E-state index is 13.1. The monoisotopic (exact) mass is 397 g/mol. The van der Waals surface area contributed by atoms with Crippen molar-refractivity contribution in [3.05, 3.63) is 48.4 Å². The van der Waals surface area contributed by atoms with Gasteiger partial charge in [0.1, 0.15) is 17.8 Å². The average molecular weight is 397 g/mol. The number of rotatable bonds is 3. The number of amides is 1. The lowest BCUT2D eigenvalue weighted by Crippen LogP contribution is -2.57. The van der Waals surface area contributed by atoms with Crippen LogP contribution in [0.2, 0.25) is 0 Å². The second kappa shape index (κ2) is 6.39. The van der Waals surface area contributed by atoms with Gasteiger partial charge in [0.25, 0.3) is 5.91 Å². The number of hydrogen-bond acceptors (Lipinski definition) is 5. The summed E-state index contributed by atoms with van der Waals surface area (Å²) in [5, 5.41) is 0.983. The van der Waals surface area contributed by atoms with Crippen LogP contribution in [0.5, 0.6) is 0 Å². The number of anilines is 1. The van der Waals surface area contributed by atoms with Gasteiger partial charge in [0.15, 0.2) is 11.1 Å². The maximum absolute atomic E-state index is 13.1. The highest BCUT2D eigenvalue weighted by Crippen LogP contribution is 2.46. The summed E-state index contributed by atoms with van der Waals surface area (Å²) < 4.78 is 20.7. The number of nitrogens with zero attached hydrogens (tertiary/aromatic N) is 4. The van der Waals surface area contributed by atoms with E-state index in [-0.39, 0.29) is 16.3 Å². The van der Waals surface area contributed by atoms with Gasteiger partial charge in [-0.15, -0.1) is 0 Å². The number of aromatic amines is 1. The fourth-order valence-electron chi connectivity index (χ4n) is 4.05. The van der Waals surface area contributed by atoms with Crippen LogP contribution in [0.25, 0.3) is 11.0 Å². The molecular weight excluding hydrogens is 378 g/mol. The fourth-order valence-corrected chi connectivity index (χ4v) is 4.47. The molecule has 8 nitrogen and oxygen atoms in total. The predicted octanol–water partition coefficient (Wildman–Crippen LogP) is 2.03. The van der Waals surface area contributed by atoms with E-state index in [1.807, 2.05) is 17.2 Å². The molecule has 1 atom stereocenters. The molecular formula is C19H19N5O3S. The Morgan fingerprint density at radius 2 is 2.07 bits per heavy atom. The number of benzene rings is 1. The number of fused-ring (bicyclic) bond motifs is 1. The summed E-state index contributed by atoms with van der Waals surface area (Å²) in [5.74, 6) is 0.807. The van der Waals surface area contributed by atoms with Crippen molar-refractivity contribution < 1.29 is 13.6 Å². The standard InChI is InChI=1S/C19H19N5O3S/c25-18(13-2-1-3-14(10-13)28(26)27)24-9-8-23(11-19(24)5-6-19)17-15-4-7-20-16(15)21-12-22-17/h1-4,7,10,12H,5-6,8-9,11H2,(H,26,27)(H,20,21,22). The molecule has 5 rings (SSSR count). The van der Waals surface area contributed by atoms with Gasteiger partial charge in [-0.25, -0.2) is 14.2 Å². The molecule has 2 aromatic heterocycles. The van der Waals surface area contributed by atoms with Crippen LogP contribution in [0.15, 0.2) is 47.8 Å². The Morgan fingerprint density at radius 3 is 2.86 bits per heavy atom. The van der Waals surface area contributed by atoms with E-state index >= 15 is 0 Å². The SMILES string of the molecule is O=C(c1cccc(S(=O)O)c1)N1CCN(c2ncnc3[nH]ccc23)CC12CC2. The maximum Gasteiger partial charge on any atom is 0.254 e. The van der Waals surface area contributed by atoms with Crippen molar-refractivity contribution in [2.45, 2.75) is 23.3 Å². The first-order valence-corrected chi connectivity index (χ1v) is 10.2. The summed E-state index contributed by atoms with van der Waals surface area (Å²) in [5.41, 5.74) is 1.06. The van der Waals surface area contributed by atoms with E-state index in [0.717, 1.165) is 36.2 Å². The molecule has 2 fully saturated rings. The van der Waals surface area contributed by atoms with Gasteiger partial charge < -0.3 is 19.3 Å². The summed E-state index contributed by atoms with van der Waals surface area (Å²) in [6.45, 7) is 1.99. The third-order valence-electron chi connectivity index (χ3n) is 5.64. The lowest BCUT2D eigenvalue weighted by atomic mass is 10.1. The molecule has 1 unspecified atom stereocenters. The third kappa shape index (κ3) is 2.78. The Bertz CT molecular complexity index is 1090. The van der Waals surface area contributed by atoms with E-state index in [1.165, 1.54) is 6.07 Å². The van der Waals surface area contributed by atoms with E-state index < -0.39 is 11.1 Å². The van der Waals surface area contributed by atoms with Crippen molar-refractivity contribution in [2.75, 3.05) is 24.5 Å². The quantitative estimate of drug-likeness (QED) is 0.656. The van der Waals surface area contributed by atoms with Gasteiger partial charge in [0.05, 0.1) is 15.8 Å². The number of carbonyl (C=O) groups is 1. The van der Waals surface area contributed by atoms with Crippen LogP contribution in [-0.4, -0.2) is 59.7 Å². The number of hydrogen-bond donors (Lipinski definition) is 2. The molecule has 9 heteroatoms. The van der Waals surface area contributed by atoms with E-state index in [0.29, 0.717) is 18.7 Å². The summed E-state index contributed by atoms with van der Waals surface area (Å²) in [6.07, 6.45) is 5.31. The van der Waals surface area contributed by atoms with Crippen molar-refractivity contribution >= 4 is 33.8 Å². The van der Waals surface area contributed by atoms with Crippen LogP contribution in [0.4, 0.5) is 5.82 Å². The highest BCUT2D eigenvalue weighted by molar-refractivity contribution is 7.79. The average Bonchev–Trinajstić information content (AvgIpc) is 3.29. The Kier molecular flexibility index (Phi) is 3.95. The van der Waals surface area contributed by atoms with Gasteiger partial charge in [0, 0.05) is 31.4 Å². The Hall–Kier alpha value is -2.78. The molecule has 2 N–H and O–H groups in total. The van der Waals surface area contributed by atoms with Gasteiger partial charge >= 0.3 is 0 Å². The second-order valence-electron chi connectivity index (χ2n) is 7.32. The van der Waals surface area contributed by atoms with Crippen LogP contribution in [0.3, 0.4) is 0 Å². The summed E-state index contributed by atoms with van der Waals surface area (Å²) >= 11 is -2.10. The number of H-pyrrole nitrogens is 1. The minimum atomic E-state index is -2.10. The molecule has 1 aliphatic carbocycles. The highest BCUT2D eigenvalue weighted by atomic mass is 32.2. The molecule has 0 bridgehead atoms. The van der Waals surface area contributed by atoms with Crippen LogP contribution in [0, 0.1) is 0 Å². The minimum absolute atomic E-state index is 0.0843. The van der Waals surface area contributed by atoms with E-state index in [2.05, 4.69) is 19.9 Å². The predicted molar refractivity (Wildman–Crippen MR) is 105 cm³/mol. The van der Waals surface area contributed by atoms with Crippen LogP contribution >= 0.6 is 0 Å². The molecule has 1 saturated carbocycles. The summed E-state index contributed by atoms with van der Waals surface area (Å²) in [6, 6.07) is 8.39. The van der Waals surface area contributed by atoms with Crippen molar-refractivity contribution in [1.29, 1.82) is 0 Å². The van der Waals surface area contributed by atoms with Crippen molar-refractivity contribution in [1.82, 2.24) is 19.9 Å². The zero-order chi connectivity index (χ0) is 19.3. The molecule has 3 heterocycles. The first kappa shape index (κ1) is 17.3. The second-order valence-corrected chi connectivity index (χ2v) is 8.29. The highest BCUT2D eigenvalue weighted by Gasteiger charge is 2.53. The van der Waals surface area contributed by atoms with Gasteiger partial charge in [-0.1, -0.05) is 6.07 Å². The zero-order valence-corrected chi connectivity index (χ0v) is 15.9. The number of aromatic nitrogens is 3. The Balaban J connectivity index is 1.41. The summed E-state index contributed by atoms with van der Waals surface area (Å²) in [4.78, 5) is 29.4. The molecule has 2 aliphatic rings.